The summed E-state index contributed by atoms with van der Waals surface area (Å²) in [5, 5.41) is 0.827. The van der Waals surface area contributed by atoms with E-state index in [9.17, 15) is 9.59 Å². The Morgan fingerprint density at radius 1 is 1.26 bits per heavy atom. The molecule has 0 N–H and O–H groups in total. The van der Waals surface area contributed by atoms with Crippen molar-refractivity contribution >= 4 is 22.5 Å². The topological polar surface area (TPSA) is 93.2 Å². The van der Waals surface area contributed by atoms with Crippen LogP contribution in [0.1, 0.15) is 23.2 Å². The van der Waals surface area contributed by atoms with E-state index < -0.39 is 5.69 Å². The highest BCUT2D eigenvalue weighted by Gasteiger charge is 2.20. The fourth-order valence-electron chi connectivity index (χ4n) is 2.91. The van der Waals surface area contributed by atoms with Gasteiger partial charge in [-0.05, 0) is 20.3 Å². The summed E-state index contributed by atoms with van der Waals surface area (Å²) in [6, 6.07) is 0.307. The van der Waals surface area contributed by atoms with Crippen molar-refractivity contribution in [2.75, 3.05) is 13.7 Å². The van der Waals surface area contributed by atoms with Crippen molar-refractivity contribution in [3.05, 3.63) is 36.9 Å². The first kappa shape index (κ1) is 19.3. The predicted molar refractivity (Wildman–Crippen MR) is 103 cm³/mol. The second-order valence-corrected chi connectivity index (χ2v) is 7.43. The van der Waals surface area contributed by atoms with Crippen molar-refractivity contribution in [1.82, 2.24) is 23.7 Å². The van der Waals surface area contributed by atoms with Crippen molar-refractivity contribution in [3.63, 3.8) is 0 Å². The van der Waals surface area contributed by atoms with Gasteiger partial charge in [-0.25, -0.2) is 9.78 Å². The largest absolute Gasteiger partial charge is 0.457 e. The first-order valence-electron chi connectivity index (χ1n) is 8.71. The van der Waals surface area contributed by atoms with Gasteiger partial charge < -0.3 is 9.47 Å². The van der Waals surface area contributed by atoms with Crippen LogP contribution in [-0.4, -0.2) is 37.4 Å². The highest BCUT2D eigenvalue weighted by molar-refractivity contribution is 7.11. The summed E-state index contributed by atoms with van der Waals surface area (Å²) >= 11 is 1.54. The molecule has 0 fully saturated rings. The van der Waals surface area contributed by atoms with Crippen LogP contribution in [0.4, 0.5) is 0 Å². The number of rotatable bonds is 8. The number of nitrogens with zero attached hydrogens (tertiary/aromatic N) is 5. The van der Waals surface area contributed by atoms with Crippen molar-refractivity contribution in [3.8, 4) is 6.01 Å². The highest BCUT2D eigenvalue weighted by atomic mass is 32.1. The molecule has 27 heavy (non-hydrogen) atoms. The lowest BCUT2D eigenvalue weighted by molar-refractivity contribution is 0.189. The number of aromatic nitrogens is 5. The molecule has 0 aromatic carbocycles. The second kappa shape index (κ2) is 8.05. The molecule has 3 heterocycles. The summed E-state index contributed by atoms with van der Waals surface area (Å²) in [7, 11) is 3.20. The molecule has 0 radical (unpaired) electrons. The maximum atomic E-state index is 12.9. The Hall–Kier alpha value is -2.46. The van der Waals surface area contributed by atoms with Crippen LogP contribution in [0.3, 0.4) is 0 Å². The molecule has 0 aliphatic carbocycles. The van der Waals surface area contributed by atoms with Crippen molar-refractivity contribution in [2.24, 2.45) is 7.05 Å². The van der Waals surface area contributed by atoms with Gasteiger partial charge in [-0.15, -0.1) is 11.3 Å². The lowest BCUT2D eigenvalue weighted by Gasteiger charge is -2.09. The smallest absolute Gasteiger partial charge is 0.332 e. The average molecular weight is 393 g/mol. The lowest BCUT2D eigenvalue weighted by atomic mass is 10.4. The van der Waals surface area contributed by atoms with Gasteiger partial charge in [0.25, 0.3) is 11.6 Å². The number of hydrogen-bond acceptors (Lipinski definition) is 7. The maximum Gasteiger partial charge on any atom is 0.332 e. The molecule has 0 aliphatic rings. The SMILES string of the molecule is CCn1c(OCc2ncc(C)s2)nc2c1c(=O)n(CCCOC)c(=O)n2C. The molecule has 0 saturated carbocycles. The molecule has 0 atom stereocenters. The molecule has 0 saturated heterocycles. The third kappa shape index (κ3) is 3.67. The van der Waals surface area contributed by atoms with Crippen LogP contribution < -0.4 is 16.0 Å². The van der Waals surface area contributed by atoms with Gasteiger partial charge >= 0.3 is 5.69 Å². The predicted octanol–water partition coefficient (Wildman–Crippen LogP) is 1.30. The molecular weight excluding hydrogens is 370 g/mol. The Kier molecular flexibility index (Phi) is 5.76. The number of hydrogen-bond donors (Lipinski definition) is 0. The molecule has 146 valence electrons. The lowest BCUT2D eigenvalue weighted by Crippen LogP contribution is -2.39. The first-order valence-corrected chi connectivity index (χ1v) is 9.52. The van der Waals surface area contributed by atoms with Gasteiger partial charge in [-0.1, -0.05) is 0 Å². The van der Waals surface area contributed by atoms with Gasteiger partial charge in [0.15, 0.2) is 11.2 Å². The first-order chi connectivity index (χ1) is 13.0. The number of ether oxygens (including phenoxy) is 2. The zero-order valence-electron chi connectivity index (χ0n) is 15.9. The standard InChI is InChI=1S/C17H23N5O4S/c1-5-21-13-14(19-16(21)26-10-12-18-9-11(2)27-12)20(3)17(24)22(15(13)23)7-6-8-25-4/h9H,5-8,10H2,1-4H3. The van der Waals surface area contributed by atoms with Crippen LogP contribution >= 0.6 is 11.3 Å². The summed E-state index contributed by atoms with van der Waals surface area (Å²) in [6.07, 6.45) is 2.36. The minimum atomic E-state index is -0.397. The molecule has 3 aromatic rings. The summed E-state index contributed by atoms with van der Waals surface area (Å²) in [5.41, 5.74) is -0.0764. The van der Waals surface area contributed by atoms with E-state index in [0.717, 1.165) is 9.88 Å². The zero-order valence-corrected chi connectivity index (χ0v) is 16.7. The minimum Gasteiger partial charge on any atom is -0.457 e. The maximum absolute atomic E-state index is 12.9. The quantitative estimate of drug-likeness (QED) is 0.536. The molecule has 0 unspecified atom stereocenters. The van der Waals surface area contributed by atoms with Crippen molar-refractivity contribution < 1.29 is 9.47 Å². The molecule has 0 aliphatic heterocycles. The molecular formula is C17H23N5O4S. The van der Waals surface area contributed by atoms with E-state index >= 15 is 0 Å². The Balaban J connectivity index is 2.04. The number of fused-ring (bicyclic) bond motifs is 1. The van der Waals surface area contributed by atoms with Gasteiger partial charge in [-0.3, -0.25) is 18.5 Å². The fraction of sp³-hybridized carbons (Fsp3) is 0.529. The summed E-state index contributed by atoms with van der Waals surface area (Å²) < 4.78 is 15.1. The van der Waals surface area contributed by atoms with E-state index in [2.05, 4.69) is 9.97 Å². The monoisotopic (exact) mass is 393 g/mol. The van der Waals surface area contributed by atoms with Gasteiger partial charge in [0.2, 0.25) is 0 Å². The molecule has 0 bridgehead atoms. The molecule has 9 nitrogen and oxygen atoms in total. The van der Waals surface area contributed by atoms with Crippen LogP contribution in [0, 0.1) is 6.92 Å². The van der Waals surface area contributed by atoms with Crippen LogP contribution in [0.5, 0.6) is 6.01 Å². The van der Waals surface area contributed by atoms with Gasteiger partial charge in [0.05, 0.1) is 0 Å². The molecule has 0 amide bonds. The Bertz CT molecular complexity index is 1060. The van der Waals surface area contributed by atoms with E-state index in [1.807, 2.05) is 13.8 Å². The van der Waals surface area contributed by atoms with Crippen LogP contribution in [0.15, 0.2) is 15.8 Å². The van der Waals surface area contributed by atoms with Gasteiger partial charge in [0, 0.05) is 44.9 Å². The number of thiazole rings is 1. The molecule has 3 rings (SSSR count). The molecule has 0 spiro atoms. The number of aryl methyl sites for hydroxylation is 3. The highest BCUT2D eigenvalue weighted by Crippen LogP contribution is 2.20. The second-order valence-electron chi connectivity index (χ2n) is 6.11. The van der Waals surface area contributed by atoms with E-state index in [0.29, 0.717) is 43.3 Å². The van der Waals surface area contributed by atoms with Crippen molar-refractivity contribution in [2.45, 2.75) is 40.0 Å². The van der Waals surface area contributed by atoms with Crippen LogP contribution in [-0.2, 0) is 31.5 Å². The molecule has 3 aromatic heterocycles. The van der Waals surface area contributed by atoms with Crippen molar-refractivity contribution in [1.29, 1.82) is 0 Å². The van der Waals surface area contributed by atoms with E-state index in [-0.39, 0.29) is 12.2 Å². The van der Waals surface area contributed by atoms with E-state index in [1.165, 1.54) is 9.13 Å². The zero-order chi connectivity index (χ0) is 19.6. The fourth-order valence-corrected chi connectivity index (χ4v) is 3.61. The number of imidazole rings is 1. The number of methoxy groups -OCH3 is 1. The van der Waals surface area contributed by atoms with Gasteiger partial charge in [0.1, 0.15) is 11.6 Å². The normalized spacial score (nSPS) is 11.4. The Morgan fingerprint density at radius 2 is 2.04 bits per heavy atom. The third-order valence-electron chi connectivity index (χ3n) is 4.24. The molecule has 10 heteroatoms. The summed E-state index contributed by atoms with van der Waals surface area (Å²) in [5.74, 6) is 0. The summed E-state index contributed by atoms with van der Waals surface area (Å²) in [6.45, 7) is 5.40. The van der Waals surface area contributed by atoms with Crippen LogP contribution in [0.25, 0.3) is 11.2 Å². The van der Waals surface area contributed by atoms with Crippen LogP contribution in [0.2, 0.25) is 0 Å². The Morgan fingerprint density at radius 3 is 2.67 bits per heavy atom. The van der Waals surface area contributed by atoms with E-state index in [1.54, 1.807) is 36.3 Å². The summed E-state index contributed by atoms with van der Waals surface area (Å²) in [4.78, 5) is 35.3. The average Bonchev–Trinajstić information content (AvgIpc) is 3.24. The minimum absolute atomic E-state index is 0.262. The Labute approximate surface area is 159 Å². The third-order valence-corrected chi connectivity index (χ3v) is 5.12. The van der Waals surface area contributed by atoms with Gasteiger partial charge in [-0.2, -0.15) is 4.98 Å². The van der Waals surface area contributed by atoms with E-state index in [4.69, 9.17) is 9.47 Å².